The average molecular weight is 315 g/mol. The fraction of sp³-hybridized carbons (Fsp3) is 0.333. The zero-order valence-corrected chi connectivity index (χ0v) is 11.3. The molecular weight excluding hydrogens is 304 g/mol. The molecule has 6 heteroatoms. The van der Waals surface area contributed by atoms with Gasteiger partial charge < -0.3 is 14.2 Å². The maximum Gasteiger partial charge on any atom is 0.379 e. The molecule has 5 nitrogen and oxygen atoms in total. The minimum absolute atomic E-state index is 0.200. The number of ether oxygens (including phenoxy) is 3. The normalized spacial score (nSPS) is 13.7. The topological polar surface area (TPSA) is 61.8 Å². The number of rotatable bonds is 2. The van der Waals surface area contributed by atoms with Gasteiger partial charge in [0.15, 0.2) is 11.5 Å². The Balaban J connectivity index is 2.41. The van der Waals surface area contributed by atoms with E-state index in [4.69, 9.17) is 9.47 Å². The second kappa shape index (κ2) is 5.39. The van der Waals surface area contributed by atoms with Crippen molar-refractivity contribution in [3.8, 4) is 11.5 Å². The second-order valence-corrected chi connectivity index (χ2v) is 4.50. The second-order valence-electron chi connectivity index (χ2n) is 3.65. The summed E-state index contributed by atoms with van der Waals surface area (Å²) < 4.78 is 15.8. The Morgan fingerprint density at radius 1 is 1.22 bits per heavy atom. The van der Waals surface area contributed by atoms with Gasteiger partial charge in [-0.2, -0.15) is 0 Å². The van der Waals surface area contributed by atoms with Crippen LogP contribution in [0.2, 0.25) is 0 Å². The summed E-state index contributed by atoms with van der Waals surface area (Å²) in [6.07, 6.45) is 0.770. The molecule has 0 amide bonds. The SMILES string of the molecule is COC(=O)C(=O)c1cc2c(cc1Br)OCCCO2. The Morgan fingerprint density at radius 2 is 1.83 bits per heavy atom. The number of benzene rings is 1. The van der Waals surface area contributed by atoms with E-state index in [0.717, 1.165) is 13.5 Å². The monoisotopic (exact) mass is 314 g/mol. The lowest BCUT2D eigenvalue weighted by molar-refractivity contribution is -0.135. The fourth-order valence-corrected chi connectivity index (χ4v) is 2.06. The Bertz CT molecular complexity index is 497. The summed E-state index contributed by atoms with van der Waals surface area (Å²) in [5, 5.41) is 0. The van der Waals surface area contributed by atoms with Crippen molar-refractivity contribution in [3.63, 3.8) is 0 Å². The van der Waals surface area contributed by atoms with E-state index in [1.165, 1.54) is 6.07 Å². The number of fused-ring (bicyclic) bond motifs is 1. The van der Waals surface area contributed by atoms with Gasteiger partial charge in [-0.05, 0) is 28.1 Å². The number of ketones is 1. The molecule has 0 radical (unpaired) electrons. The van der Waals surface area contributed by atoms with Crippen molar-refractivity contribution in [2.45, 2.75) is 6.42 Å². The molecule has 0 bridgehead atoms. The summed E-state index contributed by atoms with van der Waals surface area (Å²) in [6, 6.07) is 3.11. The van der Waals surface area contributed by atoms with Gasteiger partial charge in [0.25, 0.3) is 5.78 Å². The van der Waals surface area contributed by atoms with Crippen molar-refractivity contribution in [3.05, 3.63) is 22.2 Å². The third kappa shape index (κ3) is 2.48. The minimum Gasteiger partial charge on any atom is -0.490 e. The molecule has 1 aliphatic rings. The van der Waals surface area contributed by atoms with Gasteiger partial charge >= 0.3 is 5.97 Å². The van der Waals surface area contributed by atoms with Crippen molar-refractivity contribution in [2.24, 2.45) is 0 Å². The largest absolute Gasteiger partial charge is 0.490 e. The predicted molar refractivity (Wildman–Crippen MR) is 66.1 cm³/mol. The number of methoxy groups -OCH3 is 1. The molecular formula is C12H11BrO5. The molecule has 0 fully saturated rings. The molecule has 0 saturated heterocycles. The molecule has 1 heterocycles. The van der Waals surface area contributed by atoms with Crippen LogP contribution in [0.4, 0.5) is 0 Å². The third-order valence-electron chi connectivity index (χ3n) is 2.45. The van der Waals surface area contributed by atoms with E-state index < -0.39 is 11.8 Å². The molecule has 1 aliphatic heterocycles. The highest BCUT2D eigenvalue weighted by molar-refractivity contribution is 9.10. The van der Waals surface area contributed by atoms with Gasteiger partial charge in [-0.25, -0.2) is 4.79 Å². The van der Waals surface area contributed by atoms with Crippen molar-refractivity contribution in [1.82, 2.24) is 0 Å². The molecule has 1 aromatic rings. The van der Waals surface area contributed by atoms with Gasteiger partial charge in [-0.3, -0.25) is 4.79 Å². The number of hydrogen-bond donors (Lipinski definition) is 0. The predicted octanol–water partition coefficient (Wildman–Crippen LogP) is 1.97. The number of hydrogen-bond acceptors (Lipinski definition) is 5. The van der Waals surface area contributed by atoms with Crippen molar-refractivity contribution in [1.29, 1.82) is 0 Å². The zero-order chi connectivity index (χ0) is 13.1. The van der Waals surface area contributed by atoms with E-state index in [1.807, 2.05) is 0 Å². The summed E-state index contributed by atoms with van der Waals surface area (Å²) in [4.78, 5) is 23.0. The van der Waals surface area contributed by atoms with Crippen LogP contribution in [0, 0.1) is 0 Å². The summed E-state index contributed by atoms with van der Waals surface area (Å²) >= 11 is 3.23. The van der Waals surface area contributed by atoms with Crippen LogP contribution in [0.3, 0.4) is 0 Å². The van der Waals surface area contributed by atoms with Crippen LogP contribution in [0.5, 0.6) is 11.5 Å². The van der Waals surface area contributed by atoms with Crippen LogP contribution in [-0.2, 0) is 9.53 Å². The number of esters is 1. The molecule has 0 aliphatic carbocycles. The molecule has 18 heavy (non-hydrogen) atoms. The number of carbonyl (C=O) groups excluding carboxylic acids is 2. The first kappa shape index (κ1) is 12.9. The van der Waals surface area contributed by atoms with Crippen LogP contribution >= 0.6 is 15.9 Å². The van der Waals surface area contributed by atoms with Gasteiger partial charge in [0.05, 0.1) is 20.3 Å². The van der Waals surface area contributed by atoms with Crippen molar-refractivity contribution < 1.29 is 23.8 Å². The minimum atomic E-state index is -0.912. The lowest BCUT2D eigenvalue weighted by Crippen LogP contribution is -2.16. The highest BCUT2D eigenvalue weighted by atomic mass is 79.9. The molecule has 0 unspecified atom stereocenters. The molecule has 0 N–H and O–H groups in total. The smallest absolute Gasteiger partial charge is 0.379 e. The maximum atomic E-state index is 11.8. The van der Waals surface area contributed by atoms with Crippen LogP contribution in [0.15, 0.2) is 16.6 Å². The van der Waals surface area contributed by atoms with Gasteiger partial charge in [0, 0.05) is 16.5 Å². The lowest BCUT2D eigenvalue weighted by atomic mass is 10.1. The van der Waals surface area contributed by atoms with Crippen molar-refractivity contribution in [2.75, 3.05) is 20.3 Å². The molecule has 0 aromatic heterocycles. The zero-order valence-electron chi connectivity index (χ0n) is 9.70. The summed E-state index contributed by atoms with van der Waals surface area (Å²) in [5.41, 5.74) is 0.200. The molecule has 2 rings (SSSR count). The van der Waals surface area contributed by atoms with E-state index in [9.17, 15) is 9.59 Å². The van der Waals surface area contributed by atoms with E-state index in [1.54, 1.807) is 6.07 Å². The average Bonchev–Trinajstić information content (AvgIpc) is 2.60. The number of halogens is 1. The molecule has 96 valence electrons. The van der Waals surface area contributed by atoms with E-state index >= 15 is 0 Å². The first-order chi connectivity index (χ1) is 8.63. The Hall–Kier alpha value is -1.56. The highest BCUT2D eigenvalue weighted by Gasteiger charge is 2.23. The van der Waals surface area contributed by atoms with E-state index in [2.05, 4.69) is 20.7 Å². The third-order valence-corrected chi connectivity index (χ3v) is 3.11. The highest BCUT2D eigenvalue weighted by Crippen LogP contribution is 2.35. The molecule has 1 aromatic carbocycles. The van der Waals surface area contributed by atoms with Crippen LogP contribution < -0.4 is 9.47 Å². The first-order valence-electron chi connectivity index (χ1n) is 5.35. The lowest BCUT2D eigenvalue weighted by Gasteiger charge is -2.10. The van der Waals surface area contributed by atoms with Crippen LogP contribution in [0.1, 0.15) is 16.8 Å². The van der Waals surface area contributed by atoms with Gasteiger partial charge in [0.2, 0.25) is 0 Å². The number of carbonyl (C=O) groups is 2. The van der Waals surface area contributed by atoms with E-state index in [-0.39, 0.29) is 5.56 Å². The summed E-state index contributed by atoms with van der Waals surface area (Å²) in [6.45, 7) is 1.07. The van der Waals surface area contributed by atoms with Crippen molar-refractivity contribution >= 4 is 27.7 Å². The molecule has 0 atom stereocenters. The summed E-state index contributed by atoms with van der Waals surface area (Å²) in [7, 11) is 1.16. The van der Waals surface area contributed by atoms with Crippen LogP contribution in [-0.4, -0.2) is 32.1 Å². The van der Waals surface area contributed by atoms with Gasteiger partial charge in [0.1, 0.15) is 0 Å². The van der Waals surface area contributed by atoms with E-state index in [0.29, 0.717) is 29.2 Å². The summed E-state index contributed by atoms with van der Waals surface area (Å²) in [5.74, 6) is -0.617. The molecule has 0 spiro atoms. The fourth-order valence-electron chi connectivity index (χ4n) is 1.56. The van der Waals surface area contributed by atoms with Crippen LogP contribution in [0.25, 0.3) is 0 Å². The first-order valence-corrected chi connectivity index (χ1v) is 6.14. The van der Waals surface area contributed by atoms with Gasteiger partial charge in [-0.15, -0.1) is 0 Å². The Kier molecular flexibility index (Phi) is 3.86. The Labute approximate surface area is 112 Å². The Morgan fingerprint density at radius 3 is 2.44 bits per heavy atom. The molecule has 0 saturated carbocycles. The number of Topliss-reactive ketones (excluding diaryl/α,β-unsaturated/α-hetero) is 1. The quantitative estimate of drug-likeness (QED) is 0.474. The standard InChI is InChI=1S/C12H11BrO5/c1-16-12(15)11(14)7-5-9-10(6-8(7)13)18-4-2-3-17-9/h5-6H,2-4H2,1H3. The van der Waals surface area contributed by atoms with Gasteiger partial charge in [-0.1, -0.05) is 0 Å². The maximum absolute atomic E-state index is 11.8.